The molecule has 5 heteroatoms. The number of rotatable bonds is 8. The second-order valence-corrected chi connectivity index (χ2v) is 6.87. The number of ether oxygens (including phenoxy) is 1. The number of hydrogen-bond acceptors (Lipinski definition) is 4. The SMILES string of the molecule is CCOC(=O)[C@H](CNC(=O)c1ccccc1)[C@H](O)c1ccc(-c2ccccc2)cc1. The monoisotopic (exact) mass is 403 g/mol. The Morgan fingerprint density at radius 2 is 1.43 bits per heavy atom. The summed E-state index contributed by atoms with van der Waals surface area (Å²) in [5.74, 6) is -1.78. The first kappa shape index (κ1) is 21.3. The summed E-state index contributed by atoms with van der Waals surface area (Å²) in [4.78, 5) is 24.8. The predicted molar refractivity (Wildman–Crippen MR) is 116 cm³/mol. The van der Waals surface area contributed by atoms with Crippen LogP contribution in [0.4, 0.5) is 0 Å². The highest BCUT2D eigenvalue weighted by Crippen LogP contribution is 2.26. The zero-order valence-corrected chi connectivity index (χ0v) is 16.8. The third-order valence-electron chi connectivity index (χ3n) is 4.85. The Morgan fingerprint density at radius 1 is 0.867 bits per heavy atom. The maximum atomic E-state index is 12.5. The number of esters is 1. The molecule has 3 aromatic carbocycles. The fraction of sp³-hybridized carbons (Fsp3) is 0.200. The lowest BCUT2D eigenvalue weighted by Crippen LogP contribution is -2.37. The molecule has 1 amide bonds. The molecule has 0 aliphatic heterocycles. The molecule has 0 aromatic heterocycles. The molecule has 5 nitrogen and oxygen atoms in total. The summed E-state index contributed by atoms with van der Waals surface area (Å²) >= 11 is 0. The molecule has 3 aromatic rings. The van der Waals surface area contributed by atoms with E-state index in [2.05, 4.69) is 5.32 Å². The van der Waals surface area contributed by atoms with Crippen molar-refractivity contribution in [3.8, 4) is 11.1 Å². The Kier molecular flexibility index (Phi) is 7.35. The largest absolute Gasteiger partial charge is 0.466 e. The summed E-state index contributed by atoms with van der Waals surface area (Å²) in [6, 6.07) is 26.0. The Morgan fingerprint density at radius 3 is 2.03 bits per heavy atom. The zero-order chi connectivity index (χ0) is 21.3. The Labute approximate surface area is 176 Å². The Balaban J connectivity index is 1.74. The lowest BCUT2D eigenvalue weighted by atomic mass is 9.93. The van der Waals surface area contributed by atoms with Crippen LogP contribution in [0.1, 0.15) is 28.9 Å². The van der Waals surface area contributed by atoms with Crippen molar-refractivity contribution in [3.05, 3.63) is 96.1 Å². The van der Waals surface area contributed by atoms with Gasteiger partial charge in [-0.15, -0.1) is 0 Å². The van der Waals surface area contributed by atoms with Crippen LogP contribution in [0.2, 0.25) is 0 Å². The van der Waals surface area contributed by atoms with Gasteiger partial charge >= 0.3 is 5.97 Å². The minimum Gasteiger partial charge on any atom is -0.466 e. The Hall–Kier alpha value is -3.44. The number of carbonyl (C=O) groups is 2. The van der Waals surface area contributed by atoms with Crippen LogP contribution in [0.25, 0.3) is 11.1 Å². The molecule has 0 bridgehead atoms. The van der Waals surface area contributed by atoms with Crippen LogP contribution in [0.15, 0.2) is 84.9 Å². The van der Waals surface area contributed by atoms with Crippen molar-refractivity contribution in [3.63, 3.8) is 0 Å². The van der Waals surface area contributed by atoms with Crippen molar-refractivity contribution in [1.29, 1.82) is 0 Å². The average molecular weight is 403 g/mol. The van der Waals surface area contributed by atoms with E-state index < -0.39 is 18.0 Å². The van der Waals surface area contributed by atoms with E-state index in [1.807, 2.05) is 48.5 Å². The molecule has 0 radical (unpaired) electrons. The number of nitrogens with one attached hydrogen (secondary N) is 1. The Bertz CT molecular complexity index is 955. The summed E-state index contributed by atoms with van der Waals surface area (Å²) in [5.41, 5.74) is 3.15. The number of aliphatic hydroxyl groups excluding tert-OH is 1. The molecule has 0 heterocycles. The van der Waals surface area contributed by atoms with Crippen molar-refractivity contribution < 1.29 is 19.4 Å². The van der Waals surface area contributed by atoms with Gasteiger partial charge in [-0.05, 0) is 35.7 Å². The number of benzene rings is 3. The summed E-state index contributed by atoms with van der Waals surface area (Å²) in [6.45, 7) is 1.87. The van der Waals surface area contributed by atoms with Crippen LogP contribution in [0, 0.1) is 5.92 Å². The van der Waals surface area contributed by atoms with Gasteiger partial charge in [0.25, 0.3) is 5.91 Å². The third-order valence-corrected chi connectivity index (χ3v) is 4.85. The molecule has 2 atom stereocenters. The van der Waals surface area contributed by atoms with Crippen LogP contribution in [-0.2, 0) is 9.53 Å². The molecule has 0 saturated heterocycles. The van der Waals surface area contributed by atoms with Gasteiger partial charge in [0, 0.05) is 12.1 Å². The molecule has 2 N–H and O–H groups in total. The molecule has 0 aliphatic rings. The highest BCUT2D eigenvalue weighted by atomic mass is 16.5. The third kappa shape index (κ3) is 5.33. The molecule has 0 aliphatic carbocycles. The van der Waals surface area contributed by atoms with Gasteiger partial charge in [0.2, 0.25) is 0 Å². The van der Waals surface area contributed by atoms with Crippen molar-refractivity contribution in [2.24, 2.45) is 5.92 Å². The van der Waals surface area contributed by atoms with Crippen LogP contribution in [-0.4, -0.2) is 30.1 Å². The minimum absolute atomic E-state index is 0.0336. The highest BCUT2D eigenvalue weighted by Gasteiger charge is 2.30. The summed E-state index contributed by atoms with van der Waals surface area (Å²) in [6.07, 6.45) is -1.11. The number of carbonyl (C=O) groups excluding carboxylic acids is 2. The van der Waals surface area contributed by atoms with Crippen molar-refractivity contribution in [1.82, 2.24) is 5.32 Å². The van der Waals surface area contributed by atoms with E-state index in [1.165, 1.54) is 0 Å². The normalized spacial score (nSPS) is 12.6. The van der Waals surface area contributed by atoms with E-state index in [0.29, 0.717) is 11.1 Å². The van der Waals surface area contributed by atoms with Gasteiger partial charge in [-0.25, -0.2) is 0 Å². The fourth-order valence-corrected chi connectivity index (χ4v) is 3.20. The van der Waals surface area contributed by atoms with E-state index in [4.69, 9.17) is 4.74 Å². The predicted octanol–water partition coefficient (Wildman–Crippen LogP) is 4.00. The van der Waals surface area contributed by atoms with Crippen LogP contribution < -0.4 is 5.32 Å². The topological polar surface area (TPSA) is 75.6 Å². The van der Waals surface area contributed by atoms with Crippen molar-refractivity contribution >= 4 is 11.9 Å². The standard InChI is InChI=1S/C25H25NO4/c1-2-30-25(29)22(17-26-24(28)21-11-7-4-8-12-21)23(27)20-15-13-19(14-16-20)18-9-5-3-6-10-18/h3-16,22-23,27H,2,17H2,1H3,(H,26,28)/t22-,23-/m1/s1. The van der Waals surface area contributed by atoms with E-state index >= 15 is 0 Å². The van der Waals surface area contributed by atoms with E-state index in [1.54, 1.807) is 43.3 Å². The van der Waals surface area contributed by atoms with Gasteiger partial charge in [0.15, 0.2) is 0 Å². The van der Waals surface area contributed by atoms with Gasteiger partial charge in [-0.1, -0.05) is 72.8 Å². The lowest BCUT2D eigenvalue weighted by Gasteiger charge is -2.22. The number of hydrogen-bond donors (Lipinski definition) is 2. The van der Waals surface area contributed by atoms with Crippen molar-refractivity contribution in [2.45, 2.75) is 13.0 Å². The molecule has 0 spiro atoms. The first-order chi connectivity index (χ1) is 14.6. The van der Waals surface area contributed by atoms with Gasteiger partial charge in [0.05, 0.1) is 12.7 Å². The number of aliphatic hydroxyl groups is 1. The lowest BCUT2D eigenvalue weighted by molar-refractivity contribution is -0.151. The number of amides is 1. The quantitative estimate of drug-likeness (QED) is 0.558. The van der Waals surface area contributed by atoms with E-state index in [-0.39, 0.29) is 19.1 Å². The highest BCUT2D eigenvalue weighted by molar-refractivity contribution is 5.94. The maximum Gasteiger partial charge on any atom is 0.313 e. The summed E-state index contributed by atoms with van der Waals surface area (Å²) < 4.78 is 5.13. The molecule has 0 saturated carbocycles. The van der Waals surface area contributed by atoms with Gasteiger partial charge in [0.1, 0.15) is 5.92 Å². The summed E-state index contributed by atoms with van der Waals surface area (Å²) in [7, 11) is 0. The molecule has 3 rings (SSSR count). The van der Waals surface area contributed by atoms with Crippen LogP contribution >= 0.6 is 0 Å². The van der Waals surface area contributed by atoms with E-state index in [0.717, 1.165) is 11.1 Å². The minimum atomic E-state index is -1.11. The van der Waals surface area contributed by atoms with Crippen molar-refractivity contribution in [2.75, 3.05) is 13.2 Å². The second kappa shape index (κ2) is 10.4. The average Bonchev–Trinajstić information content (AvgIpc) is 2.80. The molecule has 0 fully saturated rings. The van der Waals surface area contributed by atoms with Crippen LogP contribution in [0.3, 0.4) is 0 Å². The maximum absolute atomic E-state index is 12.5. The molecule has 0 unspecified atom stereocenters. The second-order valence-electron chi connectivity index (χ2n) is 6.87. The smallest absolute Gasteiger partial charge is 0.313 e. The fourth-order valence-electron chi connectivity index (χ4n) is 3.20. The first-order valence-electron chi connectivity index (χ1n) is 9.93. The van der Waals surface area contributed by atoms with Gasteiger partial charge in [-0.3, -0.25) is 9.59 Å². The van der Waals surface area contributed by atoms with Gasteiger partial charge < -0.3 is 15.2 Å². The van der Waals surface area contributed by atoms with Crippen LogP contribution in [0.5, 0.6) is 0 Å². The van der Waals surface area contributed by atoms with Gasteiger partial charge in [-0.2, -0.15) is 0 Å². The molecule has 154 valence electrons. The molecule has 30 heavy (non-hydrogen) atoms. The van der Waals surface area contributed by atoms with E-state index in [9.17, 15) is 14.7 Å². The molecular weight excluding hydrogens is 378 g/mol. The first-order valence-corrected chi connectivity index (χ1v) is 9.93. The molecular formula is C25H25NO4. The zero-order valence-electron chi connectivity index (χ0n) is 16.8. The summed E-state index contributed by atoms with van der Waals surface area (Å²) in [5, 5.41) is 13.6.